The normalized spacial score (nSPS) is 20.2. The molecule has 0 aromatic heterocycles. The molecule has 0 saturated carbocycles. The minimum absolute atomic E-state index is 0.0879. The monoisotopic (exact) mass is 401 g/mol. The SMILES string of the molecule is CCNC(=NCc1ccc(C(=O)N(CC)CC)cc1)NC1CN(C(C)C)CC1C. The third-order valence-corrected chi connectivity index (χ3v) is 5.71. The highest BCUT2D eigenvalue weighted by Gasteiger charge is 2.31. The molecule has 1 aromatic carbocycles. The minimum Gasteiger partial charge on any atom is -0.357 e. The lowest BCUT2D eigenvalue weighted by Gasteiger charge is -2.22. The van der Waals surface area contributed by atoms with Gasteiger partial charge in [-0.1, -0.05) is 19.1 Å². The molecule has 2 unspecified atom stereocenters. The van der Waals surface area contributed by atoms with Crippen LogP contribution in [0, 0.1) is 5.92 Å². The van der Waals surface area contributed by atoms with E-state index in [4.69, 9.17) is 4.99 Å². The van der Waals surface area contributed by atoms with E-state index in [9.17, 15) is 4.79 Å². The lowest BCUT2D eigenvalue weighted by Crippen LogP contribution is -2.46. The number of carbonyl (C=O) groups excluding carboxylic acids is 1. The first-order valence-electron chi connectivity index (χ1n) is 11.1. The molecule has 0 bridgehead atoms. The third kappa shape index (κ3) is 6.46. The zero-order valence-corrected chi connectivity index (χ0v) is 19.0. The van der Waals surface area contributed by atoms with Gasteiger partial charge in [0, 0.05) is 50.4 Å². The number of nitrogens with one attached hydrogen (secondary N) is 2. The predicted molar refractivity (Wildman–Crippen MR) is 121 cm³/mol. The van der Waals surface area contributed by atoms with Gasteiger partial charge in [-0.2, -0.15) is 0 Å². The summed E-state index contributed by atoms with van der Waals surface area (Å²) < 4.78 is 0. The van der Waals surface area contributed by atoms with E-state index in [1.807, 2.05) is 43.0 Å². The van der Waals surface area contributed by atoms with Crippen LogP contribution in [0.2, 0.25) is 0 Å². The Bertz CT molecular complexity index is 666. The van der Waals surface area contributed by atoms with Crippen LogP contribution >= 0.6 is 0 Å². The molecular weight excluding hydrogens is 362 g/mol. The van der Waals surface area contributed by atoms with E-state index in [2.05, 4.69) is 43.2 Å². The van der Waals surface area contributed by atoms with Crippen LogP contribution in [-0.2, 0) is 6.54 Å². The molecule has 1 aliphatic rings. The van der Waals surface area contributed by atoms with Gasteiger partial charge in [-0.3, -0.25) is 9.69 Å². The Morgan fingerprint density at radius 1 is 1.17 bits per heavy atom. The second kappa shape index (κ2) is 11.2. The number of amides is 1. The smallest absolute Gasteiger partial charge is 0.253 e. The Morgan fingerprint density at radius 2 is 1.83 bits per heavy atom. The highest BCUT2D eigenvalue weighted by Crippen LogP contribution is 2.18. The molecule has 1 saturated heterocycles. The van der Waals surface area contributed by atoms with Crippen molar-refractivity contribution in [3.8, 4) is 0 Å². The second-order valence-corrected chi connectivity index (χ2v) is 8.15. The highest BCUT2D eigenvalue weighted by molar-refractivity contribution is 5.94. The molecule has 162 valence electrons. The zero-order valence-electron chi connectivity index (χ0n) is 19.0. The molecule has 2 atom stereocenters. The number of nitrogens with zero attached hydrogens (tertiary/aromatic N) is 3. The maximum atomic E-state index is 12.4. The number of benzene rings is 1. The van der Waals surface area contributed by atoms with Gasteiger partial charge < -0.3 is 15.5 Å². The van der Waals surface area contributed by atoms with Gasteiger partial charge in [0.2, 0.25) is 0 Å². The van der Waals surface area contributed by atoms with Gasteiger partial charge in [0.15, 0.2) is 5.96 Å². The van der Waals surface area contributed by atoms with Crippen molar-refractivity contribution in [2.75, 3.05) is 32.7 Å². The fraction of sp³-hybridized carbons (Fsp3) is 0.652. The van der Waals surface area contributed by atoms with Crippen LogP contribution in [-0.4, -0.2) is 66.5 Å². The minimum atomic E-state index is 0.0879. The van der Waals surface area contributed by atoms with Crippen LogP contribution in [0.15, 0.2) is 29.3 Å². The average molecular weight is 402 g/mol. The Labute approximate surface area is 176 Å². The molecule has 6 nitrogen and oxygen atoms in total. The van der Waals surface area contributed by atoms with Crippen molar-refractivity contribution in [1.82, 2.24) is 20.4 Å². The number of aliphatic imine (C=N–C) groups is 1. The van der Waals surface area contributed by atoms with Gasteiger partial charge in [-0.25, -0.2) is 4.99 Å². The molecule has 2 N–H and O–H groups in total. The number of rotatable bonds is 8. The van der Waals surface area contributed by atoms with Gasteiger partial charge >= 0.3 is 0 Å². The van der Waals surface area contributed by atoms with Crippen LogP contribution in [0.5, 0.6) is 0 Å². The van der Waals surface area contributed by atoms with Crippen molar-refractivity contribution in [3.05, 3.63) is 35.4 Å². The average Bonchev–Trinajstić information content (AvgIpc) is 3.08. The van der Waals surface area contributed by atoms with E-state index in [0.29, 0.717) is 24.5 Å². The van der Waals surface area contributed by atoms with E-state index in [-0.39, 0.29) is 5.91 Å². The summed E-state index contributed by atoms with van der Waals surface area (Å²) in [5.74, 6) is 1.54. The molecule has 1 aliphatic heterocycles. The number of likely N-dealkylation sites (tertiary alicyclic amines) is 1. The molecular formula is C23H39N5O. The Kier molecular flexibility index (Phi) is 8.96. The summed E-state index contributed by atoms with van der Waals surface area (Å²) in [7, 11) is 0. The molecule has 1 heterocycles. The van der Waals surface area contributed by atoms with Gasteiger partial charge in [0.1, 0.15) is 0 Å². The number of hydrogen-bond acceptors (Lipinski definition) is 3. The molecule has 2 rings (SSSR count). The van der Waals surface area contributed by atoms with Crippen LogP contribution in [0.4, 0.5) is 0 Å². The number of guanidine groups is 1. The summed E-state index contributed by atoms with van der Waals surface area (Å²) in [6.45, 7) is 17.9. The molecule has 0 aliphatic carbocycles. The number of carbonyl (C=O) groups is 1. The van der Waals surface area contributed by atoms with Gasteiger partial charge in [-0.05, 0) is 58.2 Å². The van der Waals surface area contributed by atoms with Crippen LogP contribution in [0.3, 0.4) is 0 Å². The van der Waals surface area contributed by atoms with E-state index in [0.717, 1.165) is 49.8 Å². The Morgan fingerprint density at radius 3 is 2.34 bits per heavy atom. The summed E-state index contributed by atoms with van der Waals surface area (Å²) in [6, 6.07) is 8.80. The summed E-state index contributed by atoms with van der Waals surface area (Å²) in [6.07, 6.45) is 0. The predicted octanol–water partition coefficient (Wildman–Crippen LogP) is 2.95. The first kappa shape index (κ1) is 23.2. The van der Waals surface area contributed by atoms with E-state index < -0.39 is 0 Å². The van der Waals surface area contributed by atoms with Crippen molar-refractivity contribution >= 4 is 11.9 Å². The van der Waals surface area contributed by atoms with E-state index in [1.54, 1.807) is 0 Å². The molecule has 1 fully saturated rings. The summed E-state index contributed by atoms with van der Waals surface area (Å²) in [4.78, 5) is 21.6. The second-order valence-electron chi connectivity index (χ2n) is 8.15. The molecule has 6 heteroatoms. The maximum absolute atomic E-state index is 12.4. The van der Waals surface area contributed by atoms with Gasteiger partial charge in [0.05, 0.1) is 6.54 Å². The lowest BCUT2D eigenvalue weighted by atomic mass is 10.1. The molecule has 1 aromatic rings. The van der Waals surface area contributed by atoms with E-state index in [1.165, 1.54) is 0 Å². The van der Waals surface area contributed by atoms with Crippen molar-refractivity contribution in [1.29, 1.82) is 0 Å². The Balaban J connectivity index is 2.00. The summed E-state index contributed by atoms with van der Waals surface area (Å²) in [5.41, 5.74) is 1.83. The third-order valence-electron chi connectivity index (χ3n) is 5.71. The lowest BCUT2D eigenvalue weighted by molar-refractivity contribution is 0.0773. The van der Waals surface area contributed by atoms with Crippen LogP contribution in [0.25, 0.3) is 0 Å². The fourth-order valence-electron chi connectivity index (χ4n) is 3.73. The van der Waals surface area contributed by atoms with Gasteiger partial charge in [0.25, 0.3) is 5.91 Å². The van der Waals surface area contributed by atoms with E-state index >= 15 is 0 Å². The maximum Gasteiger partial charge on any atom is 0.253 e. The molecule has 0 radical (unpaired) electrons. The van der Waals surface area contributed by atoms with Crippen molar-refractivity contribution in [2.45, 2.75) is 60.2 Å². The molecule has 29 heavy (non-hydrogen) atoms. The van der Waals surface area contributed by atoms with Gasteiger partial charge in [-0.15, -0.1) is 0 Å². The Hall–Kier alpha value is -2.08. The first-order chi connectivity index (χ1) is 13.9. The van der Waals surface area contributed by atoms with Crippen molar-refractivity contribution in [2.24, 2.45) is 10.9 Å². The highest BCUT2D eigenvalue weighted by atomic mass is 16.2. The van der Waals surface area contributed by atoms with Crippen molar-refractivity contribution in [3.63, 3.8) is 0 Å². The fourth-order valence-corrected chi connectivity index (χ4v) is 3.73. The largest absolute Gasteiger partial charge is 0.357 e. The molecule has 1 amide bonds. The number of hydrogen-bond donors (Lipinski definition) is 2. The quantitative estimate of drug-likeness (QED) is 0.519. The zero-order chi connectivity index (χ0) is 21.4. The first-order valence-corrected chi connectivity index (χ1v) is 11.1. The van der Waals surface area contributed by atoms with Crippen LogP contribution < -0.4 is 10.6 Å². The topological polar surface area (TPSA) is 60.0 Å². The summed E-state index contributed by atoms with van der Waals surface area (Å²) in [5, 5.41) is 6.98. The van der Waals surface area contributed by atoms with Crippen molar-refractivity contribution < 1.29 is 4.79 Å². The van der Waals surface area contributed by atoms with Crippen LogP contribution in [0.1, 0.15) is 57.5 Å². The molecule has 0 spiro atoms. The summed E-state index contributed by atoms with van der Waals surface area (Å²) >= 11 is 0. The standard InChI is InChI=1S/C23H39N5O/c1-7-24-23(26-21-16-28(17(4)5)15-18(21)6)25-14-19-10-12-20(13-11-19)22(29)27(8-2)9-3/h10-13,17-18,21H,7-9,14-16H2,1-6H3,(H2,24,25,26).